The Morgan fingerprint density at radius 2 is 1.83 bits per heavy atom. The van der Waals surface area contributed by atoms with Crippen molar-refractivity contribution in [3.05, 3.63) is 0 Å². The molecule has 0 unspecified atom stereocenters. The van der Waals surface area contributed by atoms with E-state index in [0.717, 1.165) is 0 Å². The predicted octanol–water partition coefficient (Wildman–Crippen LogP) is -0.440. The standard InChI is InChI=1S/Am.H3O4P/c;1-5(2,3)4/h;(H3,1,2,3,4)/q+1;/p-1. The van der Waals surface area contributed by atoms with Gasteiger partial charge in [0.2, 0.25) is 0 Å². The van der Waals surface area contributed by atoms with Crippen LogP contribution in [-0.2, 0) is 8.46 Å². The average Bonchev–Trinajstić information content (AvgIpc) is 1.35. The van der Waals surface area contributed by atoms with Gasteiger partial charge in [-0.1, -0.05) is 0 Å². The summed E-state index contributed by atoms with van der Waals surface area (Å²) in [4.78, 5) is 15.5. The second kappa shape index (κ2) is 1.98. The van der Waals surface area contributed by atoms with Crippen molar-refractivity contribution in [1.82, 2.24) is 0 Å². The Balaban J connectivity index is 3.48. The van der Waals surface area contributed by atoms with Gasteiger partial charge >= 0.3 is 39.7 Å². The molecule has 0 aromatic carbocycles. The molecule has 38 valence electrons. The van der Waals surface area contributed by atoms with Gasteiger partial charge in [-0.05, 0) is 0 Å². The zero-order chi connectivity index (χ0) is 5.21. The van der Waals surface area contributed by atoms with E-state index >= 15 is 0 Å². The van der Waals surface area contributed by atoms with Gasteiger partial charge in [0, 0.05) is 0 Å². The van der Waals surface area contributed by atoms with E-state index < -0.39 is 7.82 Å². The van der Waals surface area contributed by atoms with Crippen molar-refractivity contribution in [1.29, 1.82) is 0 Å². The van der Waals surface area contributed by atoms with Crippen molar-refractivity contribution in [3.8, 4) is 0 Å². The molecule has 4 nitrogen and oxygen atoms in total. The third-order valence-electron chi connectivity index (χ3n) is 0.0899. The van der Waals surface area contributed by atoms with Gasteiger partial charge in [0.15, 0.2) is 0 Å². The van der Waals surface area contributed by atoms with Crippen LogP contribution in [0.5, 0.6) is 0 Å². The summed E-state index contributed by atoms with van der Waals surface area (Å²) in [6.07, 6.45) is 0. The number of hydrogen-bond acceptors (Lipinski definition) is 2. The van der Waals surface area contributed by atoms with Gasteiger partial charge in [-0.15, -0.1) is 0 Å². The summed E-state index contributed by atoms with van der Waals surface area (Å²) >= 11 is 0.282. The molecule has 0 bridgehead atoms. The zero-order valence-corrected chi connectivity index (χ0v) is 6.58. The van der Waals surface area contributed by atoms with Crippen LogP contribution in [0.2, 0.25) is 0 Å². The molecule has 0 rings (SSSR count). The van der Waals surface area contributed by atoms with E-state index in [1.165, 1.54) is 0 Å². The molecular weight excluding hydrogens is 338 g/mol. The fourth-order valence-electron chi connectivity index (χ4n) is 0. The van der Waals surface area contributed by atoms with E-state index in [-0.39, 0.29) is 13.7 Å². The van der Waals surface area contributed by atoms with E-state index in [4.69, 9.17) is 9.79 Å². The first kappa shape index (κ1) is 6.50. The quantitative estimate of drug-likeness (QED) is 0.636. The van der Waals surface area contributed by atoms with Crippen molar-refractivity contribution in [2.24, 2.45) is 0 Å². The molecule has 2 N–H and O–H groups in total. The maximum absolute atomic E-state index is 9.50. The molecule has 0 spiro atoms. The van der Waals surface area contributed by atoms with Gasteiger partial charge in [0.25, 0.3) is 0 Å². The van der Waals surface area contributed by atoms with Crippen molar-refractivity contribution in [2.45, 2.75) is 0 Å². The van der Waals surface area contributed by atoms with Crippen molar-refractivity contribution in [2.75, 3.05) is 0 Å². The summed E-state index contributed by atoms with van der Waals surface area (Å²) < 4.78 is 13.2. The molecule has 0 radical (unpaired) electrons. The van der Waals surface area contributed by atoms with Crippen LogP contribution >= 0.6 is 7.82 Å². The van der Waals surface area contributed by atoms with Crippen LogP contribution in [0.15, 0.2) is 0 Å². The molecule has 0 saturated heterocycles. The molecule has 0 aliphatic heterocycles. The molecule has 0 aliphatic carbocycles. The molecule has 0 aliphatic rings. The Bertz CT molecular complexity index is 71.6. The summed E-state index contributed by atoms with van der Waals surface area (Å²) in [5.41, 5.74) is 0. The second-order valence-corrected chi connectivity index (χ2v) is 3.40. The fraction of sp³-hybridized carbons (Fsp3) is 0. The van der Waals surface area contributed by atoms with Crippen LogP contribution in [-0.4, -0.2) is 9.79 Å². The molecule has 0 fully saturated rings. The van der Waals surface area contributed by atoms with Gasteiger partial charge in [-0.3, -0.25) is 0 Å². The topological polar surface area (TPSA) is 66.8 Å². The van der Waals surface area contributed by atoms with E-state index in [1.54, 1.807) is 0 Å². The Morgan fingerprint density at radius 1 is 1.67 bits per heavy atom. The van der Waals surface area contributed by atoms with Crippen molar-refractivity contribution < 1.29 is 31.9 Å². The van der Waals surface area contributed by atoms with Gasteiger partial charge in [-0.2, -0.15) is 0 Å². The van der Waals surface area contributed by atoms with Crippen molar-refractivity contribution in [3.63, 3.8) is 0 Å². The van der Waals surface area contributed by atoms with E-state index in [1.807, 2.05) is 0 Å². The summed E-state index contributed by atoms with van der Waals surface area (Å²) in [7, 11) is -4.10. The molecule has 0 amide bonds. The molecular formula is H2AmO4P. The number of phosphoric acid groups is 1. The maximum atomic E-state index is 9.50. The fourth-order valence-corrected chi connectivity index (χ4v) is 0. The summed E-state index contributed by atoms with van der Waals surface area (Å²) in [6.45, 7) is 0. The molecule has 0 atom stereocenters. The first-order chi connectivity index (χ1) is 2.56. The second-order valence-electron chi connectivity index (χ2n) is 0.560. The molecule has 0 saturated carbocycles. The van der Waals surface area contributed by atoms with Crippen LogP contribution in [0.3, 0.4) is 0 Å². The third kappa shape index (κ3) is 4.50. The molecule has 6 heteroatoms. The van der Waals surface area contributed by atoms with E-state index in [2.05, 4.69) is 3.89 Å². The van der Waals surface area contributed by atoms with Gasteiger partial charge in [0.1, 0.15) is 0 Å². The minimum atomic E-state index is -4.10. The van der Waals surface area contributed by atoms with E-state index in [9.17, 15) is 4.57 Å². The van der Waals surface area contributed by atoms with Crippen LogP contribution in [0.1, 0.15) is 0 Å². The van der Waals surface area contributed by atoms with Crippen LogP contribution in [0.25, 0.3) is 0 Å². The molecule has 6 heavy (non-hydrogen) atoms. The normalized spacial score (nSPS) is 12.0. The molecule has 0 aromatic rings. The average molecular weight is 340 g/mol. The van der Waals surface area contributed by atoms with Gasteiger partial charge < -0.3 is 0 Å². The molecule has 0 aromatic heterocycles. The number of rotatable bonds is 1. The van der Waals surface area contributed by atoms with Crippen LogP contribution < -0.4 is 0 Å². The van der Waals surface area contributed by atoms with Crippen molar-refractivity contribution >= 4 is 7.82 Å². The van der Waals surface area contributed by atoms with Crippen LogP contribution in [0.4, 0.5) is 0 Å². The summed E-state index contributed by atoms with van der Waals surface area (Å²) in [6, 6.07) is 0. The Kier molecular flexibility index (Phi) is 2.14. The zero-order valence-electron chi connectivity index (χ0n) is 2.54. The minimum absolute atomic E-state index is 0.282. The van der Waals surface area contributed by atoms with Gasteiger partial charge in [-0.25, -0.2) is 0 Å². The summed E-state index contributed by atoms with van der Waals surface area (Å²) in [5, 5.41) is 0. The SMILES string of the molecule is O=P(O)(O)[O][Am]. The Hall–Kier alpha value is 0.500. The first-order valence-corrected chi connectivity index (χ1v) is 3.73. The predicted molar refractivity (Wildman–Crippen MR) is 13.1 cm³/mol. The number of hydrogen-bond donors (Lipinski definition) is 2. The Morgan fingerprint density at radius 3 is 1.83 bits per heavy atom. The molecule has 0 heterocycles. The summed E-state index contributed by atoms with van der Waals surface area (Å²) in [5.74, 6) is 0. The van der Waals surface area contributed by atoms with Crippen LogP contribution in [0, 0.1) is 13.7 Å². The monoisotopic (exact) mass is 338 g/mol. The van der Waals surface area contributed by atoms with Gasteiger partial charge in [0.05, 0.1) is 0 Å². The first-order valence-electron chi connectivity index (χ1n) is 0.919. The third-order valence-corrected chi connectivity index (χ3v) is 2.52. The van der Waals surface area contributed by atoms with E-state index in [0.29, 0.717) is 0 Å². The Labute approximate surface area is 40.6 Å².